The lowest BCUT2D eigenvalue weighted by atomic mass is 9.87. The van der Waals surface area contributed by atoms with E-state index in [9.17, 15) is 14.4 Å². The molecule has 0 aromatic heterocycles. The zero-order valence-corrected chi connectivity index (χ0v) is 37.3. The molecule has 0 bridgehead atoms. The van der Waals surface area contributed by atoms with Gasteiger partial charge < -0.3 is 24.6 Å². The maximum absolute atomic E-state index is 14.5. The molecule has 0 spiro atoms. The van der Waals surface area contributed by atoms with Crippen LogP contribution in [0.1, 0.15) is 220 Å². The number of hydrogen-bond acceptors (Lipinski definition) is 6. The molecule has 1 saturated heterocycles. The molecule has 8 heteroatoms. The molecule has 0 aromatic rings. The summed E-state index contributed by atoms with van der Waals surface area (Å²) in [6.45, 7) is 11.3. The van der Waals surface area contributed by atoms with Crippen molar-refractivity contribution in [2.75, 3.05) is 46.9 Å². The maximum atomic E-state index is 14.5. The number of carbonyl (C=O) groups is 3. The summed E-state index contributed by atoms with van der Waals surface area (Å²) in [5.41, 5.74) is -0.953. The predicted molar refractivity (Wildman–Crippen MR) is 231 cm³/mol. The highest BCUT2D eigenvalue weighted by atomic mass is 16.5. The summed E-state index contributed by atoms with van der Waals surface area (Å²) < 4.78 is 11.8. The molecule has 1 N–H and O–H groups in total. The largest absolute Gasteiger partial charge is 0.462 e. The van der Waals surface area contributed by atoms with Gasteiger partial charge in [0.2, 0.25) is 5.91 Å². The van der Waals surface area contributed by atoms with Crippen molar-refractivity contribution in [1.82, 2.24) is 15.1 Å². The van der Waals surface area contributed by atoms with Gasteiger partial charge in [0, 0.05) is 25.4 Å². The zero-order chi connectivity index (χ0) is 40.4. The molecule has 8 nitrogen and oxygen atoms in total. The summed E-state index contributed by atoms with van der Waals surface area (Å²) in [4.78, 5) is 45.5. The molecule has 324 valence electrons. The van der Waals surface area contributed by atoms with Crippen molar-refractivity contribution in [3.05, 3.63) is 0 Å². The number of hydrogen-bond donors (Lipinski definition) is 1. The molecule has 0 aromatic carbocycles. The minimum absolute atomic E-state index is 0.0237. The minimum atomic E-state index is -0.953. The molecule has 55 heavy (non-hydrogen) atoms. The van der Waals surface area contributed by atoms with E-state index < -0.39 is 5.54 Å². The Kier molecular flexibility index (Phi) is 32.1. The lowest BCUT2D eigenvalue weighted by molar-refractivity contribution is -0.182. The van der Waals surface area contributed by atoms with Crippen molar-refractivity contribution in [3.63, 3.8) is 0 Å². The number of esters is 1. The number of rotatable bonds is 39. The monoisotopic (exact) mass is 778 g/mol. The van der Waals surface area contributed by atoms with E-state index in [2.05, 4.69) is 52.0 Å². The molecule has 1 aliphatic rings. The van der Waals surface area contributed by atoms with E-state index in [0.717, 1.165) is 70.8 Å². The van der Waals surface area contributed by atoms with E-state index in [1.807, 2.05) is 4.90 Å². The standard InChI is InChI=1S/C47H91N3O5/c1-7-11-15-19-22-26-33-42(32-25-18-14-10-4)45(52)50(39-31-38-49(5)6)47(40-54-41-47)46(53)48-37-30-29-36-44(51)55-43(34-27-23-20-16-12-8-2)35-28-24-21-17-13-9-3/h42-43H,7-41H2,1-6H3,(H,48,53). The van der Waals surface area contributed by atoms with E-state index in [-0.39, 0.29) is 43.0 Å². The molecular formula is C47H91N3O5. The molecule has 1 atom stereocenters. The van der Waals surface area contributed by atoms with Crippen LogP contribution in [0.5, 0.6) is 0 Å². The van der Waals surface area contributed by atoms with Crippen LogP contribution in [-0.2, 0) is 23.9 Å². The van der Waals surface area contributed by atoms with Gasteiger partial charge in [-0.15, -0.1) is 0 Å². The topological polar surface area (TPSA) is 88.2 Å². The average molecular weight is 778 g/mol. The van der Waals surface area contributed by atoms with Gasteiger partial charge in [0.05, 0.1) is 13.2 Å². The number of amides is 2. The van der Waals surface area contributed by atoms with Gasteiger partial charge in [-0.05, 0) is 78.4 Å². The third kappa shape index (κ3) is 24.0. The van der Waals surface area contributed by atoms with Crippen molar-refractivity contribution >= 4 is 17.8 Å². The Labute approximate surface area is 340 Å². The van der Waals surface area contributed by atoms with Crippen LogP contribution in [0.2, 0.25) is 0 Å². The van der Waals surface area contributed by atoms with Crippen molar-refractivity contribution in [2.45, 2.75) is 232 Å². The van der Waals surface area contributed by atoms with Crippen LogP contribution in [0, 0.1) is 5.92 Å². The van der Waals surface area contributed by atoms with Crippen molar-refractivity contribution in [2.24, 2.45) is 5.92 Å². The molecule has 1 aliphatic heterocycles. The summed E-state index contributed by atoms with van der Waals surface area (Å²) in [5.74, 6) is -0.127. The fourth-order valence-electron chi connectivity index (χ4n) is 7.96. The van der Waals surface area contributed by atoms with Crippen LogP contribution < -0.4 is 5.32 Å². The van der Waals surface area contributed by atoms with Gasteiger partial charge in [-0.2, -0.15) is 0 Å². The third-order valence-corrected chi connectivity index (χ3v) is 11.7. The summed E-state index contributed by atoms with van der Waals surface area (Å²) in [5, 5.41) is 3.17. The van der Waals surface area contributed by atoms with E-state index in [1.54, 1.807) is 0 Å². The highest BCUT2D eigenvalue weighted by Crippen LogP contribution is 2.31. The quantitative estimate of drug-likeness (QED) is 0.0494. The number of carbonyl (C=O) groups excluding carboxylic acids is 3. The Morgan fingerprint density at radius 3 is 1.49 bits per heavy atom. The van der Waals surface area contributed by atoms with Gasteiger partial charge in [0.1, 0.15) is 6.10 Å². The van der Waals surface area contributed by atoms with Crippen LogP contribution in [0.15, 0.2) is 0 Å². The van der Waals surface area contributed by atoms with Crippen LogP contribution in [0.3, 0.4) is 0 Å². The Morgan fingerprint density at radius 1 is 0.582 bits per heavy atom. The van der Waals surface area contributed by atoms with Gasteiger partial charge in [-0.25, -0.2) is 0 Å². The van der Waals surface area contributed by atoms with E-state index in [1.165, 1.54) is 109 Å². The first-order valence-electron chi connectivity index (χ1n) is 23.8. The van der Waals surface area contributed by atoms with E-state index in [0.29, 0.717) is 32.4 Å². The molecule has 1 heterocycles. The summed E-state index contributed by atoms with van der Waals surface area (Å²) in [6, 6.07) is 0. The van der Waals surface area contributed by atoms with Crippen LogP contribution >= 0.6 is 0 Å². The van der Waals surface area contributed by atoms with Crippen molar-refractivity contribution < 1.29 is 23.9 Å². The predicted octanol–water partition coefficient (Wildman–Crippen LogP) is 11.6. The third-order valence-electron chi connectivity index (χ3n) is 11.7. The number of nitrogens with one attached hydrogen (secondary N) is 1. The van der Waals surface area contributed by atoms with Crippen LogP contribution in [0.25, 0.3) is 0 Å². The maximum Gasteiger partial charge on any atom is 0.306 e. The molecular weight excluding hydrogens is 687 g/mol. The normalized spacial score (nSPS) is 14.3. The minimum Gasteiger partial charge on any atom is -0.462 e. The van der Waals surface area contributed by atoms with Gasteiger partial charge in [0.15, 0.2) is 5.54 Å². The van der Waals surface area contributed by atoms with E-state index in [4.69, 9.17) is 9.47 Å². The highest BCUT2D eigenvalue weighted by Gasteiger charge is 2.53. The Balaban J connectivity index is 2.79. The number of nitrogens with zero attached hydrogens (tertiary/aromatic N) is 2. The fraction of sp³-hybridized carbons (Fsp3) is 0.936. The zero-order valence-electron chi connectivity index (χ0n) is 37.3. The number of unbranched alkanes of at least 4 members (excludes halogenated alkanes) is 19. The smallest absolute Gasteiger partial charge is 0.306 e. The van der Waals surface area contributed by atoms with Gasteiger partial charge in [-0.1, -0.05) is 156 Å². The SMILES string of the molecule is CCCCCCCCC(CCCCCCCC)OC(=O)CCCCNC(=O)C1(N(CCCN(C)C)C(=O)C(CCCCCC)CCCCCCCC)COC1. The molecule has 0 saturated carbocycles. The molecule has 1 fully saturated rings. The second-order valence-electron chi connectivity index (χ2n) is 17.2. The Morgan fingerprint density at radius 2 is 1.04 bits per heavy atom. The van der Waals surface area contributed by atoms with Crippen molar-refractivity contribution in [3.8, 4) is 0 Å². The molecule has 2 amide bonds. The Bertz CT molecular complexity index is 924. The summed E-state index contributed by atoms with van der Waals surface area (Å²) in [7, 11) is 4.11. The first kappa shape index (κ1) is 51.3. The second kappa shape index (κ2) is 34.4. The lowest BCUT2D eigenvalue weighted by Gasteiger charge is -2.49. The highest BCUT2D eigenvalue weighted by molar-refractivity contribution is 5.93. The first-order chi connectivity index (χ1) is 26.7. The van der Waals surface area contributed by atoms with Crippen LogP contribution in [-0.4, -0.2) is 86.2 Å². The van der Waals surface area contributed by atoms with Gasteiger partial charge in [0.25, 0.3) is 5.91 Å². The second-order valence-corrected chi connectivity index (χ2v) is 17.2. The summed E-state index contributed by atoms with van der Waals surface area (Å²) >= 11 is 0. The summed E-state index contributed by atoms with van der Waals surface area (Å²) in [6.07, 6.45) is 33.1. The van der Waals surface area contributed by atoms with Gasteiger partial charge in [-0.3, -0.25) is 14.4 Å². The van der Waals surface area contributed by atoms with Crippen LogP contribution in [0.4, 0.5) is 0 Å². The molecule has 1 rings (SSSR count). The van der Waals surface area contributed by atoms with Gasteiger partial charge >= 0.3 is 5.97 Å². The lowest BCUT2D eigenvalue weighted by Crippen LogP contribution is -2.72. The Hall–Kier alpha value is -1.67. The first-order valence-corrected chi connectivity index (χ1v) is 23.8. The van der Waals surface area contributed by atoms with Crippen molar-refractivity contribution in [1.29, 1.82) is 0 Å². The van der Waals surface area contributed by atoms with E-state index >= 15 is 0 Å². The molecule has 0 aliphatic carbocycles. The number of ether oxygens (including phenoxy) is 2. The average Bonchev–Trinajstić information content (AvgIpc) is 3.14. The molecule has 1 unspecified atom stereocenters. The molecule has 0 radical (unpaired) electrons. The fourth-order valence-corrected chi connectivity index (χ4v) is 7.96.